The standard InChI is InChI=1S/C21H20ClN3O2S/c22-18-8-4-16(5-9-18)17-6-10-20(11-7-17)28(26,27)24-19-12-14-25(15-19)21-3-1-2-13-23-21/h1-11,13,19,24H,12,14-15H2. The van der Waals surface area contributed by atoms with Gasteiger partial charge in [-0.25, -0.2) is 18.1 Å². The number of hydrogen-bond acceptors (Lipinski definition) is 4. The quantitative estimate of drug-likeness (QED) is 0.687. The highest BCUT2D eigenvalue weighted by atomic mass is 35.5. The molecule has 1 aromatic heterocycles. The summed E-state index contributed by atoms with van der Waals surface area (Å²) in [6.07, 6.45) is 2.49. The largest absolute Gasteiger partial charge is 0.355 e. The van der Waals surface area contributed by atoms with Gasteiger partial charge in [0.2, 0.25) is 10.0 Å². The summed E-state index contributed by atoms with van der Waals surface area (Å²) >= 11 is 5.92. The predicted octanol–water partition coefficient (Wildman–Crippen LogP) is 3.96. The molecule has 0 amide bonds. The lowest BCUT2D eigenvalue weighted by Crippen LogP contribution is -2.37. The lowest BCUT2D eigenvalue weighted by atomic mass is 10.1. The summed E-state index contributed by atoms with van der Waals surface area (Å²) in [5, 5.41) is 0.670. The van der Waals surface area contributed by atoms with Crippen LogP contribution in [0, 0.1) is 0 Å². The highest BCUT2D eigenvalue weighted by molar-refractivity contribution is 7.89. The van der Waals surface area contributed by atoms with E-state index in [4.69, 9.17) is 11.6 Å². The van der Waals surface area contributed by atoms with Crippen LogP contribution in [0.25, 0.3) is 11.1 Å². The highest BCUT2D eigenvalue weighted by Gasteiger charge is 2.27. The molecule has 3 aromatic rings. The normalized spacial score (nSPS) is 17.0. The molecular formula is C21H20ClN3O2S. The monoisotopic (exact) mass is 413 g/mol. The van der Waals surface area contributed by atoms with Gasteiger partial charge >= 0.3 is 0 Å². The van der Waals surface area contributed by atoms with Crippen molar-refractivity contribution in [1.82, 2.24) is 9.71 Å². The van der Waals surface area contributed by atoms with Gasteiger partial charge < -0.3 is 4.90 Å². The molecule has 4 rings (SSSR count). The fraction of sp³-hybridized carbons (Fsp3) is 0.190. The molecule has 0 spiro atoms. The molecular weight excluding hydrogens is 394 g/mol. The molecule has 0 radical (unpaired) electrons. The molecule has 1 N–H and O–H groups in total. The lowest BCUT2D eigenvalue weighted by Gasteiger charge is -2.18. The van der Waals surface area contributed by atoms with Gasteiger partial charge in [0.05, 0.1) is 4.90 Å². The van der Waals surface area contributed by atoms with E-state index in [0.29, 0.717) is 11.6 Å². The van der Waals surface area contributed by atoms with E-state index >= 15 is 0 Å². The second-order valence-electron chi connectivity index (χ2n) is 6.77. The van der Waals surface area contributed by atoms with Crippen molar-refractivity contribution >= 4 is 27.4 Å². The summed E-state index contributed by atoms with van der Waals surface area (Å²) in [5.74, 6) is 0.872. The maximum absolute atomic E-state index is 12.8. The van der Waals surface area contributed by atoms with Gasteiger partial charge in [0.1, 0.15) is 5.82 Å². The molecule has 2 heterocycles. The molecule has 0 aliphatic carbocycles. The Morgan fingerprint density at radius 1 is 0.964 bits per heavy atom. The zero-order valence-electron chi connectivity index (χ0n) is 15.1. The Labute approximate surface area is 170 Å². The van der Waals surface area contributed by atoms with Crippen molar-refractivity contribution in [2.45, 2.75) is 17.4 Å². The number of halogens is 1. The maximum atomic E-state index is 12.8. The van der Waals surface area contributed by atoms with Gasteiger partial charge in [-0.3, -0.25) is 0 Å². The van der Waals surface area contributed by atoms with E-state index in [0.717, 1.165) is 29.9 Å². The number of hydrogen-bond donors (Lipinski definition) is 1. The van der Waals surface area contributed by atoms with Gasteiger partial charge in [-0.2, -0.15) is 0 Å². The van der Waals surface area contributed by atoms with E-state index in [9.17, 15) is 8.42 Å². The zero-order chi connectivity index (χ0) is 19.6. The number of nitrogens with one attached hydrogen (secondary N) is 1. The van der Waals surface area contributed by atoms with Crippen LogP contribution < -0.4 is 9.62 Å². The molecule has 1 aliphatic heterocycles. The third-order valence-electron chi connectivity index (χ3n) is 4.83. The summed E-state index contributed by atoms with van der Waals surface area (Å²) in [7, 11) is -3.57. The topological polar surface area (TPSA) is 62.3 Å². The average molecular weight is 414 g/mol. The third-order valence-corrected chi connectivity index (χ3v) is 6.61. The van der Waals surface area contributed by atoms with Gasteiger partial charge in [0.15, 0.2) is 0 Å². The van der Waals surface area contributed by atoms with Crippen molar-refractivity contribution in [3.63, 3.8) is 0 Å². The molecule has 1 aliphatic rings. The van der Waals surface area contributed by atoms with Crippen LogP contribution in [-0.2, 0) is 10.0 Å². The Morgan fingerprint density at radius 3 is 2.29 bits per heavy atom. The number of nitrogens with zero attached hydrogens (tertiary/aromatic N) is 2. The molecule has 1 fully saturated rings. The third kappa shape index (κ3) is 4.19. The molecule has 0 saturated carbocycles. The summed E-state index contributed by atoms with van der Waals surface area (Å²) in [6.45, 7) is 1.39. The number of anilines is 1. The number of benzene rings is 2. The number of rotatable bonds is 5. The van der Waals surface area contributed by atoms with Gasteiger partial charge in [-0.15, -0.1) is 0 Å². The first-order chi connectivity index (χ1) is 13.5. The fourth-order valence-electron chi connectivity index (χ4n) is 3.36. The van der Waals surface area contributed by atoms with Gasteiger partial charge in [0.25, 0.3) is 0 Å². The van der Waals surface area contributed by atoms with Gasteiger partial charge in [0, 0.05) is 30.4 Å². The van der Waals surface area contributed by atoms with Crippen LogP contribution in [0.1, 0.15) is 6.42 Å². The fourth-order valence-corrected chi connectivity index (χ4v) is 4.75. The van der Waals surface area contributed by atoms with Crippen LogP contribution in [0.5, 0.6) is 0 Å². The first kappa shape index (κ1) is 18.9. The van der Waals surface area contributed by atoms with E-state index in [1.54, 1.807) is 18.3 Å². The second-order valence-corrected chi connectivity index (χ2v) is 8.92. The van der Waals surface area contributed by atoms with E-state index in [-0.39, 0.29) is 10.9 Å². The SMILES string of the molecule is O=S(=O)(NC1CCN(c2ccccn2)C1)c1ccc(-c2ccc(Cl)cc2)cc1. The molecule has 28 heavy (non-hydrogen) atoms. The molecule has 5 nitrogen and oxygen atoms in total. The van der Waals surface area contributed by atoms with E-state index in [2.05, 4.69) is 14.6 Å². The van der Waals surface area contributed by atoms with E-state index < -0.39 is 10.0 Å². The van der Waals surface area contributed by atoms with Crippen molar-refractivity contribution < 1.29 is 8.42 Å². The van der Waals surface area contributed by atoms with Crippen LogP contribution in [0.3, 0.4) is 0 Å². The average Bonchev–Trinajstić information content (AvgIpc) is 3.17. The first-order valence-corrected chi connectivity index (χ1v) is 10.9. The Balaban J connectivity index is 1.44. The predicted molar refractivity (Wildman–Crippen MR) is 112 cm³/mol. The first-order valence-electron chi connectivity index (χ1n) is 9.06. The van der Waals surface area contributed by atoms with Gasteiger partial charge in [-0.05, 0) is 53.9 Å². The van der Waals surface area contributed by atoms with Crippen molar-refractivity contribution in [2.24, 2.45) is 0 Å². The molecule has 7 heteroatoms. The van der Waals surface area contributed by atoms with E-state index in [1.165, 1.54) is 0 Å². The maximum Gasteiger partial charge on any atom is 0.240 e. The van der Waals surface area contributed by atoms with Crippen LogP contribution in [0.2, 0.25) is 5.02 Å². The van der Waals surface area contributed by atoms with Crippen LogP contribution in [0.15, 0.2) is 77.8 Å². The number of aromatic nitrogens is 1. The van der Waals surface area contributed by atoms with Crippen LogP contribution in [-0.4, -0.2) is 32.5 Å². The minimum absolute atomic E-state index is 0.136. The van der Waals surface area contributed by atoms with Crippen molar-refractivity contribution in [3.05, 3.63) is 77.9 Å². The van der Waals surface area contributed by atoms with Crippen molar-refractivity contribution in [1.29, 1.82) is 0 Å². The Kier molecular flexibility index (Phi) is 5.35. The highest BCUT2D eigenvalue weighted by Crippen LogP contribution is 2.24. The molecule has 1 saturated heterocycles. The Morgan fingerprint density at radius 2 is 1.64 bits per heavy atom. The summed E-state index contributed by atoms with van der Waals surface area (Å²) in [5.41, 5.74) is 1.93. The smallest absolute Gasteiger partial charge is 0.240 e. The second kappa shape index (κ2) is 7.91. The number of pyridine rings is 1. The minimum Gasteiger partial charge on any atom is -0.355 e. The van der Waals surface area contributed by atoms with Crippen molar-refractivity contribution in [2.75, 3.05) is 18.0 Å². The zero-order valence-corrected chi connectivity index (χ0v) is 16.7. The molecule has 1 atom stereocenters. The Hall–Kier alpha value is -2.41. The molecule has 144 valence electrons. The van der Waals surface area contributed by atoms with Gasteiger partial charge in [-0.1, -0.05) is 41.9 Å². The molecule has 2 aromatic carbocycles. The molecule has 1 unspecified atom stereocenters. The summed E-state index contributed by atoms with van der Waals surface area (Å²) in [4.78, 5) is 6.69. The van der Waals surface area contributed by atoms with E-state index in [1.807, 2.05) is 54.6 Å². The molecule has 0 bridgehead atoms. The van der Waals surface area contributed by atoms with Crippen LogP contribution in [0.4, 0.5) is 5.82 Å². The van der Waals surface area contributed by atoms with Crippen molar-refractivity contribution in [3.8, 4) is 11.1 Å². The lowest BCUT2D eigenvalue weighted by molar-refractivity contribution is 0.561. The van der Waals surface area contributed by atoms with Crippen LogP contribution >= 0.6 is 11.6 Å². The Bertz CT molecular complexity index is 1040. The number of sulfonamides is 1. The summed E-state index contributed by atoms with van der Waals surface area (Å²) in [6, 6.07) is 20.0. The minimum atomic E-state index is -3.57. The summed E-state index contributed by atoms with van der Waals surface area (Å²) < 4.78 is 28.3.